The largest absolute Gasteiger partial charge is 0.480 e. The van der Waals surface area contributed by atoms with Crippen LogP contribution >= 0.6 is 0 Å². The van der Waals surface area contributed by atoms with Crippen LogP contribution in [0.15, 0.2) is 12.2 Å². The fourth-order valence-corrected chi connectivity index (χ4v) is 1.75. The van der Waals surface area contributed by atoms with E-state index in [1.165, 1.54) is 11.0 Å². The molecule has 0 aromatic rings. The number of aliphatic carboxylic acids is 1. The second kappa shape index (κ2) is 5.65. The standard InChI is InChI=1S/C11H18N2O3/c1-12(2)7-4-6-10(14)13-8-3-5-9(13)11(15)16/h4,6,9H,3,5,7-8H2,1-2H3,(H,15,16). The number of hydrogen-bond donors (Lipinski definition) is 1. The summed E-state index contributed by atoms with van der Waals surface area (Å²) in [4.78, 5) is 25.9. The Morgan fingerprint density at radius 1 is 1.50 bits per heavy atom. The van der Waals surface area contributed by atoms with Crippen LogP contribution in [-0.4, -0.2) is 60.0 Å². The Bertz CT molecular complexity index is 300. The molecular formula is C11H18N2O3. The Morgan fingerprint density at radius 3 is 2.75 bits per heavy atom. The van der Waals surface area contributed by atoms with Gasteiger partial charge in [0.25, 0.3) is 0 Å². The predicted molar refractivity (Wildman–Crippen MR) is 60.1 cm³/mol. The van der Waals surface area contributed by atoms with E-state index in [0.29, 0.717) is 19.5 Å². The van der Waals surface area contributed by atoms with Crippen molar-refractivity contribution in [3.63, 3.8) is 0 Å². The van der Waals surface area contributed by atoms with Gasteiger partial charge in [-0.05, 0) is 26.9 Å². The Kier molecular flexibility index (Phi) is 4.49. The molecule has 0 radical (unpaired) electrons. The highest BCUT2D eigenvalue weighted by molar-refractivity contribution is 5.91. The molecule has 0 saturated carbocycles. The first kappa shape index (κ1) is 12.7. The first-order chi connectivity index (χ1) is 7.52. The van der Waals surface area contributed by atoms with Crippen LogP contribution in [0.2, 0.25) is 0 Å². The maximum absolute atomic E-state index is 11.7. The normalized spacial score (nSPS) is 20.9. The number of carbonyl (C=O) groups excluding carboxylic acids is 1. The summed E-state index contributed by atoms with van der Waals surface area (Å²) in [6.07, 6.45) is 4.54. The molecular weight excluding hydrogens is 208 g/mol. The average molecular weight is 226 g/mol. The number of amides is 1. The van der Waals surface area contributed by atoms with Gasteiger partial charge in [0.1, 0.15) is 6.04 Å². The van der Waals surface area contributed by atoms with E-state index in [0.717, 1.165) is 6.42 Å². The van der Waals surface area contributed by atoms with Crippen molar-refractivity contribution in [2.45, 2.75) is 18.9 Å². The van der Waals surface area contributed by atoms with Crippen molar-refractivity contribution in [3.8, 4) is 0 Å². The molecule has 1 N–H and O–H groups in total. The van der Waals surface area contributed by atoms with Crippen LogP contribution in [0.3, 0.4) is 0 Å². The zero-order valence-electron chi connectivity index (χ0n) is 9.72. The maximum atomic E-state index is 11.7. The average Bonchev–Trinajstić information content (AvgIpc) is 2.65. The molecule has 16 heavy (non-hydrogen) atoms. The number of likely N-dealkylation sites (N-methyl/N-ethyl adjacent to an activating group) is 1. The summed E-state index contributed by atoms with van der Waals surface area (Å²) in [5, 5.41) is 8.92. The van der Waals surface area contributed by atoms with E-state index in [4.69, 9.17) is 5.11 Å². The third-order valence-corrected chi connectivity index (χ3v) is 2.55. The van der Waals surface area contributed by atoms with Crippen molar-refractivity contribution in [1.29, 1.82) is 0 Å². The molecule has 0 spiro atoms. The molecule has 0 bridgehead atoms. The van der Waals surface area contributed by atoms with Crippen LogP contribution in [0.25, 0.3) is 0 Å². The highest BCUT2D eigenvalue weighted by Crippen LogP contribution is 2.17. The van der Waals surface area contributed by atoms with Crippen molar-refractivity contribution < 1.29 is 14.7 Å². The maximum Gasteiger partial charge on any atom is 0.326 e. The number of rotatable bonds is 4. The van der Waals surface area contributed by atoms with Crippen molar-refractivity contribution in [3.05, 3.63) is 12.2 Å². The molecule has 1 aliphatic heterocycles. The van der Waals surface area contributed by atoms with E-state index in [-0.39, 0.29) is 5.91 Å². The molecule has 1 aliphatic rings. The molecule has 5 nitrogen and oxygen atoms in total. The Hall–Kier alpha value is -1.36. The van der Waals surface area contributed by atoms with Gasteiger partial charge in [0.2, 0.25) is 5.91 Å². The zero-order chi connectivity index (χ0) is 12.1. The van der Waals surface area contributed by atoms with E-state index in [1.54, 1.807) is 6.08 Å². The highest BCUT2D eigenvalue weighted by Gasteiger charge is 2.32. The Labute approximate surface area is 95.3 Å². The van der Waals surface area contributed by atoms with E-state index in [2.05, 4.69) is 0 Å². The number of hydrogen-bond acceptors (Lipinski definition) is 3. The topological polar surface area (TPSA) is 60.9 Å². The number of carboxylic acid groups (broad SMARTS) is 1. The van der Waals surface area contributed by atoms with Crippen LogP contribution in [0, 0.1) is 0 Å². The minimum Gasteiger partial charge on any atom is -0.480 e. The van der Waals surface area contributed by atoms with Gasteiger partial charge in [-0.1, -0.05) is 6.08 Å². The molecule has 1 amide bonds. The molecule has 0 aromatic heterocycles. The lowest BCUT2D eigenvalue weighted by Crippen LogP contribution is -2.39. The molecule has 0 aromatic carbocycles. The molecule has 5 heteroatoms. The summed E-state index contributed by atoms with van der Waals surface area (Å²) in [6, 6.07) is -0.642. The number of carboxylic acids is 1. The smallest absolute Gasteiger partial charge is 0.326 e. The van der Waals surface area contributed by atoms with Gasteiger partial charge >= 0.3 is 5.97 Å². The second-order valence-corrected chi connectivity index (χ2v) is 4.19. The van der Waals surface area contributed by atoms with Gasteiger partial charge in [-0.15, -0.1) is 0 Å². The third-order valence-electron chi connectivity index (χ3n) is 2.55. The van der Waals surface area contributed by atoms with Gasteiger partial charge in [0.15, 0.2) is 0 Å². The van der Waals surface area contributed by atoms with Crippen LogP contribution in [0.1, 0.15) is 12.8 Å². The van der Waals surface area contributed by atoms with Gasteiger partial charge < -0.3 is 14.9 Å². The Balaban J connectivity index is 2.53. The van der Waals surface area contributed by atoms with E-state index in [1.807, 2.05) is 19.0 Å². The van der Waals surface area contributed by atoms with Crippen molar-refractivity contribution >= 4 is 11.9 Å². The van der Waals surface area contributed by atoms with Gasteiger partial charge in [0, 0.05) is 19.2 Å². The zero-order valence-corrected chi connectivity index (χ0v) is 9.72. The van der Waals surface area contributed by atoms with Gasteiger partial charge in [-0.3, -0.25) is 4.79 Å². The lowest BCUT2D eigenvalue weighted by Gasteiger charge is -2.19. The molecule has 1 saturated heterocycles. The number of carbonyl (C=O) groups is 2. The van der Waals surface area contributed by atoms with Gasteiger partial charge in [-0.25, -0.2) is 4.79 Å². The highest BCUT2D eigenvalue weighted by atomic mass is 16.4. The summed E-state index contributed by atoms with van der Waals surface area (Å²) in [6.45, 7) is 1.22. The summed E-state index contributed by atoms with van der Waals surface area (Å²) >= 11 is 0. The summed E-state index contributed by atoms with van der Waals surface area (Å²) < 4.78 is 0. The fraction of sp³-hybridized carbons (Fsp3) is 0.636. The Morgan fingerprint density at radius 2 is 2.19 bits per heavy atom. The first-order valence-corrected chi connectivity index (χ1v) is 5.37. The van der Waals surface area contributed by atoms with E-state index in [9.17, 15) is 9.59 Å². The SMILES string of the molecule is CN(C)CC=CC(=O)N1CCCC1C(=O)O. The van der Waals surface area contributed by atoms with Crippen LogP contribution in [-0.2, 0) is 9.59 Å². The van der Waals surface area contributed by atoms with Crippen LogP contribution < -0.4 is 0 Å². The molecule has 1 fully saturated rings. The van der Waals surface area contributed by atoms with Crippen LogP contribution in [0.4, 0.5) is 0 Å². The minimum absolute atomic E-state index is 0.202. The molecule has 90 valence electrons. The van der Waals surface area contributed by atoms with Crippen molar-refractivity contribution in [2.75, 3.05) is 27.2 Å². The quantitative estimate of drug-likeness (QED) is 0.695. The molecule has 1 rings (SSSR count). The van der Waals surface area contributed by atoms with Gasteiger partial charge in [-0.2, -0.15) is 0 Å². The molecule has 1 atom stereocenters. The lowest BCUT2D eigenvalue weighted by atomic mass is 10.2. The fourth-order valence-electron chi connectivity index (χ4n) is 1.75. The van der Waals surface area contributed by atoms with Crippen LogP contribution in [0.5, 0.6) is 0 Å². The first-order valence-electron chi connectivity index (χ1n) is 5.37. The van der Waals surface area contributed by atoms with E-state index >= 15 is 0 Å². The molecule has 1 heterocycles. The monoisotopic (exact) mass is 226 g/mol. The number of likely N-dealkylation sites (tertiary alicyclic amines) is 1. The van der Waals surface area contributed by atoms with Crippen molar-refractivity contribution in [1.82, 2.24) is 9.80 Å². The van der Waals surface area contributed by atoms with E-state index < -0.39 is 12.0 Å². The minimum atomic E-state index is -0.910. The third kappa shape index (κ3) is 3.34. The summed E-state index contributed by atoms with van der Waals surface area (Å²) in [5.74, 6) is -1.11. The predicted octanol–water partition coefficient (Wildman–Crippen LogP) is 0.180. The number of nitrogens with zero attached hydrogens (tertiary/aromatic N) is 2. The second-order valence-electron chi connectivity index (χ2n) is 4.19. The summed E-state index contributed by atoms with van der Waals surface area (Å²) in [5.41, 5.74) is 0. The van der Waals surface area contributed by atoms with Gasteiger partial charge in [0.05, 0.1) is 0 Å². The molecule has 0 aliphatic carbocycles. The van der Waals surface area contributed by atoms with Crippen molar-refractivity contribution in [2.24, 2.45) is 0 Å². The lowest BCUT2D eigenvalue weighted by molar-refractivity contribution is -0.146. The molecule has 1 unspecified atom stereocenters. The summed E-state index contributed by atoms with van der Waals surface area (Å²) in [7, 11) is 3.81.